The Hall–Kier alpha value is -3.11. The molecule has 0 saturated carbocycles. The van der Waals surface area contributed by atoms with E-state index < -0.39 is 17.3 Å². The van der Waals surface area contributed by atoms with Crippen LogP contribution < -0.4 is 10.5 Å². The quantitative estimate of drug-likeness (QED) is 0.529. The molecule has 1 atom stereocenters. The number of rotatable bonds is 6. The molecule has 1 unspecified atom stereocenters. The number of benzene rings is 2. The van der Waals surface area contributed by atoms with Gasteiger partial charge in [-0.3, -0.25) is 4.98 Å². The number of hydrogen-bond acceptors (Lipinski definition) is 4. The first-order valence-electron chi connectivity index (χ1n) is 9.93. The lowest BCUT2D eigenvalue weighted by atomic mass is 9.92. The van der Waals surface area contributed by atoms with E-state index in [9.17, 15) is 13.2 Å². The monoisotopic (exact) mass is 427 g/mol. The van der Waals surface area contributed by atoms with Crippen molar-refractivity contribution < 1.29 is 17.9 Å². The van der Waals surface area contributed by atoms with Gasteiger partial charge in [0.1, 0.15) is 12.4 Å². The Morgan fingerprint density at radius 1 is 1.13 bits per heavy atom. The van der Waals surface area contributed by atoms with Crippen molar-refractivity contribution in [3.8, 4) is 22.9 Å². The summed E-state index contributed by atoms with van der Waals surface area (Å²) in [6, 6.07) is 12.5. The molecule has 4 nitrogen and oxygen atoms in total. The number of nitrogens with zero attached hydrogens (tertiary/aromatic N) is 2. The summed E-state index contributed by atoms with van der Waals surface area (Å²) in [7, 11) is 0. The van der Waals surface area contributed by atoms with Gasteiger partial charge in [0.05, 0.1) is 22.7 Å². The highest BCUT2D eigenvalue weighted by atomic mass is 19.4. The molecule has 2 N–H and O–H groups in total. The van der Waals surface area contributed by atoms with E-state index in [1.807, 2.05) is 19.9 Å². The summed E-state index contributed by atoms with van der Waals surface area (Å²) >= 11 is 0. The van der Waals surface area contributed by atoms with Crippen molar-refractivity contribution in [2.24, 2.45) is 11.7 Å². The molecule has 0 amide bonds. The number of nitriles is 1. The van der Waals surface area contributed by atoms with Crippen molar-refractivity contribution in [3.05, 3.63) is 59.8 Å². The largest absolute Gasteiger partial charge is 0.490 e. The third-order valence-corrected chi connectivity index (χ3v) is 4.90. The molecule has 0 fully saturated rings. The van der Waals surface area contributed by atoms with Crippen LogP contribution in [-0.4, -0.2) is 17.1 Å². The molecule has 162 valence electrons. The van der Waals surface area contributed by atoms with Gasteiger partial charge in [-0.25, -0.2) is 0 Å². The Kier molecular flexibility index (Phi) is 6.23. The third kappa shape index (κ3) is 5.15. The average molecular weight is 427 g/mol. The van der Waals surface area contributed by atoms with Gasteiger partial charge in [0.2, 0.25) is 0 Å². The summed E-state index contributed by atoms with van der Waals surface area (Å²) in [5.41, 5.74) is 6.42. The summed E-state index contributed by atoms with van der Waals surface area (Å²) in [6.07, 6.45) is -2.48. The zero-order valence-electron chi connectivity index (χ0n) is 17.6. The molecular formula is C24H24F3N3O. The predicted molar refractivity (Wildman–Crippen MR) is 114 cm³/mol. The van der Waals surface area contributed by atoms with Crippen molar-refractivity contribution >= 4 is 10.9 Å². The summed E-state index contributed by atoms with van der Waals surface area (Å²) in [5.74, 6) is 0.0155. The number of nitrogens with two attached hydrogens (primary N) is 1. The zero-order chi connectivity index (χ0) is 22.8. The van der Waals surface area contributed by atoms with Crippen molar-refractivity contribution in [1.29, 1.82) is 5.26 Å². The molecule has 0 bridgehead atoms. The van der Waals surface area contributed by atoms with E-state index in [1.165, 1.54) is 12.3 Å². The van der Waals surface area contributed by atoms with Gasteiger partial charge in [-0.1, -0.05) is 32.0 Å². The molecule has 1 heterocycles. The Morgan fingerprint density at radius 2 is 1.87 bits per heavy atom. The van der Waals surface area contributed by atoms with Gasteiger partial charge in [-0.2, -0.15) is 18.4 Å². The summed E-state index contributed by atoms with van der Waals surface area (Å²) in [4.78, 5) is 4.26. The topological polar surface area (TPSA) is 71.9 Å². The minimum absolute atomic E-state index is 0.0626. The smallest absolute Gasteiger partial charge is 0.419 e. The van der Waals surface area contributed by atoms with E-state index in [4.69, 9.17) is 15.7 Å². The standard InChI is InChI=1S/C24H24F3N3O/c1-15(2)12-23(3,29)14-31-22-19(5-4-6-20(22)24(25,26)27)17-9-10-30-21-11-16(13-28)7-8-18(17)21/h4-11,15H,12,14,29H2,1-3H3. The molecule has 0 spiro atoms. The van der Waals surface area contributed by atoms with Gasteiger partial charge in [-0.15, -0.1) is 0 Å². The fourth-order valence-corrected chi connectivity index (χ4v) is 3.81. The molecule has 0 aliphatic heterocycles. The van der Waals surface area contributed by atoms with Crippen LogP contribution >= 0.6 is 0 Å². The van der Waals surface area contributed by atoms with Crippen LogP contribution in [0.5, 0.6) is 5.75 Å². The fraction of sp³-hybridized carbons (Fsp3) is 0.333. The van der Waals surface area contributed by atoms with Crippen LogP contribution in [-0.2, 0) is 6.18 Å². The molecule has 3 aromatic rings. The van der Waals surface area contributed by atoms with Gasteiger partial charge < -0.3 is 10.5 Å². The zero-order valence-corrected chi connectivity index (χ0v) is 17.6. The maximum Gasteiger partial charge on any atom is 0.419 e. The summed E-state index contributed by atoms with van der Waals surface area (Å²) in [5, 5.41) is 9.76. The van der Waals surface area contributed by atoms with Crippen molar-refractivity contribution in [2.75, 3.05) is 6.61 Å². The van der Waals surface area contributed by atoms with E-state index in [0.717, 1.165) is 6.07 Å². The van der Waals surface area contributed by atoms with Crippen LogP contribution in [0.1, 0.15) is 38.3 Å². The Labute approximate surface area is 179 Å². The van der Waals surface area contributed by atoms with Crippen LogP contribution in [0.25, 0.3) is 22.0 Å². The number of aromatic nitrogens is 1. The first-order chi connectivity index (χ1) is 14.5. The molecule has 1 aromatic heterocycles. The van der Waals surface area contributed by atoms with Gasteiger partial charge >= 0.3 is 6.18 Å². The maximum absolute atomic E-state index is 13.8. The van der Waals surface area contributed by atoms with E-state index in [0.29, 0.717) is 34.0 Å². The first-order valence-corrected chi connectivity index (χ1v) is 9.93. The number of hydrogen-bond donors (Lipinski definition) is 1. The lowest BCUT2D eigenvalue weighted by molar-refractivity contribution is -0.139. The first kappa shape index (κ1) is 22.6. The highest BCUT2D eigenvalue weighted by molar-refractivity contribution is 5.96. The van der Waals surface area contributed by atoms with Crippen molar-refractivity contribution in [1.82, 2.24) is 4.98 Å². The lowest BCUT2D eigenvalue weighted by Crippen LogP contribution is -2.43. The number of fused-ring (bicyclic) bond motifs is 1. The van der Waals surface area contributed by atoms with Gasteiger partial charge in [0.25, 0.3) is 0 Å². The van der Waals surface area contributed by atoms with Crippen LogP contribution in [0.2, 0.25) is 0 Å². The normalized spacial score (nSPS) is 13.8. The molecule has 0 radical (unpaired) electrons. The third-order valence-electron chi connectivity index (χ3n) is 4.90. The molecule has 2 aromatic carbocycles. The SMILES string of the molecule is CC(C)CC(C)(N)COc1c(-c2ccnc3cc(C#N)ccc23)cccc1C(F)(F)F. The van der Waals surface area contributed by atoms with Crippen LogP contribution in [0.15, 0.2) is 48.7 Å². The van der Waals surface area contributed by atoms with E-state index in [2.05, 4.69) is 4.98 Å². The van der Waals surface area contributed by atoms with Crippen molar-refractivity contribution in [3.63, 3.8) is 0 Å². The summed E-state index contributed by atoms with van der Waals surface area (Å²) < 4.78 is 47.3. The Bertz CT molecular complexity index is 1130. The second-order valence-corrected chi connectivity index (χ2v) is 8.42. The minimum atomic E-state index is -4.59. The predicted octanol–water partition coefficient (Wildman–Crippen LogP) is 5.93. The molecule has 0 saturated heterocycles. The maximum atomic E-state index is 13.8. The minimum Gasteiger partial charge on any atom is -0.490 e. The second-order valence-electron chi connectivity index (χ2n) is 8.42. The molecule has 0 aliphatic carbocycles. The Morgan fingerprint density at radius 3 is 2.52 bits per heavy atom. The average Bonchev–Trinajstić information content (AvgIpc) is 2.69. The second kappa shape index (κ2) is 8.56. The molecule has 31 heavy (non-hydrogen) atoms. The molecule has 3 rings (SSSR count). The van der Waals surface area contributed by atoms with Crippen LogP contribution in [0.3, 0.4) is 0 Å². The molecule has 7 heteroatoms. The van der Waals surface area contributed by atoms with Gasteiger partial charge in [-0.05, 0) is 49.1 Å². The molecule has 0 aliphatic rings. The van der Waals surface area contributed by atoms with E-state index in [1.54, 1.807) is 37.3 Å². The lowest BCUT2D eigenvalue weighted by Gasteiger charge is -2.28. The fourth-order valence-electron chi connectivity index (χ4n) is 3.81. The molecular weight excluding hydrogens is 403 g/mol. The van der Waals surface area contributed by atoms with Gasteiger partial charge in [0.15, 0.2) is 0 Å². The number of pyridine rings is 1. The Balaban J connectivity index is 2.16. The van der Waals surface area contributed by atoms with Crippen LogP contribution in [0, 0.1) is 17.2 Å². The van der Waals surface area contributed by atoms with E-state index in [-0.39, 0.29) is 18.3 Å². The van der Waals surface area contributed by atoms with E-state index >= 15 is 0 Å². The number of para-hydroxylation sites is 1. The van der Waals surface area contributed by atoms with Crippen LogP contribution in [0.4, 0.5) is 13.2 Å². The number of ether oxygens (including phenoxy) is 1. The number of halogens is 3. The summed E-state index contributed by atoms with van der Waals surface area (Å²) in [6.45, 7) is 5.71. The van der Waals surface area contributed by atoms with Gasteiger partial charge in [0, 0.05) is 22.7 Å². The van der Waals surface area contributed by atoms with Crippen molar-refractivity contribution in [2.45, 2.75) is 38.9 Å². The highest BCUT2D eigenvalue weighted by Crippen LogP contribution is 2.43. The highest BCUT2D eigenvalue weighted by Gasteiger charge is 2.36. The number of alkyl halides is 3.